The predicted molar refractivity (Wildman–Crippen MR) is 100 cm³/mol. The molecule has 0 aliphatic carbocycles. The lowest BCUT2D eigenvalue weighted by molar-refractivity contribution is -0.120. The first-order chi connectivity index (χ1) is 12.1. The summed E-state index contributed by atoms with van der Waals surface area (Å²) in [4.78, 5) is 37.0. The maximum atomic E-state index is 12.0. The number of ether oxygens (including phenoxy) is 1. The van der Waals surface area contributed by atoms with E-state index in [0.717, 1.165) is 5.69 Å². The molecule has 0 heterocycles. The third-order valence-electron chi connectivity index (χ3n) is 3.17. The van der Waals surface area contributed by atoms with Crippen LogP contribution in [0.3, 0.4) is 0 Å². The Bertz CT molecular complexity index is 621. The van der Waals surface area contributed by atoms with Gasteiger partial charge >= 0.3 is 6.09 Å². The standard InChI is InChI=1S/C18H28N4O4/c1-18(2,3)26-17(25)21-12-15(23)19-10-11-20-16(24)13-6-8-14(9-7-13)22(4)5/h6-9H,10-12H2,1-5H3,(H,19,23)(H,20,24)(H,21,25). The van der Waals surface area contributed by atoms with Crippen molar-refractivity contribution in [1.82, 2.24) is 16.0 Å². The third-order valence-corrected chi connectivity index (χ3v) is 3.17. The van der Waals surface area contributed by atoms with Gasteiger partial charge in [-0.3, -0.25) is 9.59 Å². The Hall–Kier alpha value is -2.77. The van der Waals surface area contributed by atoms with E-state index in [1.807, 2.05) is 31.1 Å². The van der Waals surface area contributed by atoms with Gasteiger partial charge in [-0.1, -0.05) is 0 Å². The van der Waals surface area contributed by atoms with Crippen molar-refractivity contribution in [3.63, 3.8) is 0 Å². The van der Waals surface area contributed by atoms with Gasteiger partial charge in [0.2, 0.25) is 5.91 Å². The molecule has 1 aromatic carbocycles. The van der Waals surface area contributed by atoms with Crippen LogP contribution in [0.5, 0.6) is 0 Å². The number of benzene rings is 1. The largest absolute Gasteiger partial charge is 0.444 e. The van der Waals surface area contributed by atoms with Crippen LogP contribution < -0.4 is 20.9 Å². The molecular formula is C18H28N4O4. The lowest BCUT2D eigenvalue weighted by atomic mass is 10.2. The van der Waals surface area contributed by atoms with E-state index >= 15 is 0 Å². The van der Waals surface area contributed by atoms with E-state index in [2.05, 4.69) is 16.0 Å². The fourth-order valence-corrected chi connectivity index (χ4v) is 1.92. The topological polar surface area (TPSA) is 99.8 Å². The second-order valence-corrected chi connectivity index (χ2v) is 6.90. The third kappa shape index (κ3) is 8.36. The number of rotatable bonds is 7. The zero-order chi connectivity index (χ0) is 19.7. The molecule has 0 aliphatic rings. The highest BCUT2D eigenvalue weighted by atomic mass is 16.6. The lowest BCUT2D eigenvalue weighted by Crippen LogP contribution is -2.42. The highest BCUT2D eigenvalue weighted by molar-refractivity contribution is 5.94. The van der Waals surface area contributed by atoms with Gasteiger partial charge in [0.1, 0.15) is 5.60 Å². The zero-order valence-electron chi connectivity index (χ0n) is 16.0. The second kappa shape index (κ2) is 9.65. The molecule has 0 aromatic heterocycles. The summed E-state index contributed by atoms with van der Waals surface area (Å²) >= 11 is 0. The Labute approximate surface area is 154 Å². The Kier molecular flexibility index (Phi) is 7.89. The van der Waals surface area contributed by atoms with Crippen LogP contribution in [0.25, 0.3) is 0 Å². The molecule has 8 heteroatoms. The van der Waals surface area contributed by atoms with Gasteiger partial charge in [0.15, 0.2) is 0 Å². The summed E-state index contributed by atoms with van der Waals surface area (Å²) < 4.78 is 5.03. The predicted octanol–water partition coefficient (Wildman–Crippen LogP) is 1.12. The van der Waals surface area contributed by atoms with Gasteiger partial charge < -0.3 is 25.6 Å². The molecule has 0 radical (unpaired) electrons. The summed E-state index contributed by atoms with van der Waals surface area (Å²) in [5.41, 5.74) is 0.940. The smallest absolute Gasteiger partial charge is 0.408 e. The Morgan fingerprint density at radius 3 is 2.08 bits per heavy atom. The molecule has 0 bridgehead atoms. The zero-order valence-corrected chi connectivity index (χ0v) is 16.0. The molecule has 0 fully saturated rings. The Balaban J connectivity index is 2.24. The number of nitrogens with zero attached hydrogens (tertiary/aromatic N) is 1. The van der Waals surface area contributed by atoms with Gasteiger partial charge in [-0.15, -0.1) is 0 Å². The number of hydrogen-bond acceptors (Lipinski definition) is 5. The summed E-state index contributed by atoms with van der Waals surface area (Å²) in [6.07, 6.45) is -0.651. The van der Waals surface area contributed by atoms with E-state index in [1.165, 1.54) is 0 Å². The molecule has 3 amide bonds. The van der Waals surface area contributed by atoms with Gasteiger partial charge in [0.05, 0.1) is 6.54 Å². The van der Waals surface area contributed by atoms with E-state index < -0.39 is 11.7 Å². The molecule has 0 atom stereocenters. The van der Waals surface area contributed by atoms with Crippen LogP contribution in [0.2, 0.25) is 0 Å². The molecule has 0 unspecified atom stereocenters. The first-order valence-electron chi connectivity index (χ1n) is 8.37. The molecule has 1 aromatic rings. The lowest BCUT2D eigenvalue weighted by Gasteiger charge is -2.19. The van der Waals surface area contributed by atoms with E-state index in [9.17, 15) is 14.4 Å². The maximum absolute atomic E-state index is 12.0. The van der Waals surface area contributed by atoms with Crippen LogP contribution in [0.1, 0.15) is 31.1 Å². The fraction of sp³-hybridized carbons (Fsp3) is 0.500. The minimum absolute atomic E-state index is 0.186. The molecule has 0 spiro atoms. The summed E-state index contributed by atoms with van der Waals surface area (Å²) in [6.45, 7) is 5.58. The van der Waals surface area contributed by atoms with Gasteiger partial charge in [-0.25, -0.2) is 4.79 Å². The van der Waals surface area contributed by atoms with Crippen LogP contribution in [0, 0.1) is 0 Å². The molecule has 3 N–H and O–H groups in total. The number of carbonyl (C=O) groups excluding carboxylic acids is 3. The molecule has 0 aliphatic heterocycles. The monoisotopic (exact) mass is 364 g/mol. The molecular weight excluding hydrogens is 336 g/mol. The van der Waals surface area contributed by atoms with E-state index in [4.69, 9.17) is 4.74 Å². The molecule has 0 saturated carbocycles. The molecule has 8 nitrogen and oxygen atoms in total. The van der Waals surface area contributed by atoms with Crippen molar-refractivity contribution in [2.45, 2.75) is 26.4 Å². The first kappa shape index (κ1) is 21.3. The number of anilines is 1. The average Bonchev–Trinajstić information content (AvgIpc) is 2.55. The SMILES string of the molecule is CN(C)c1ccc(C(=O)NCCNC(=O)CNC(=O)OC(C)(C)C)cc1. The van der Waals surface area contributed by atoms with Crippen LogP contribution in [-0.2, 0) is 9.53 Å². The van der Waals surface area contributed by atoms with Crippen LogP contribution in [0.15, 0.2) is 24.3 Å². The van der Waals surface area contributed by atoms with Crippen molar-refractivity contribution in [1.29, 1.82) is 0 Å². The number of alkyl carbamates (subject to hydrolysis) is 1. The molecule has 1 rings (SSSR count). The number of amides is 3. The minimum atomic E-state index is -0.651. The Morgan fingerprint density at radius 2 is 1.54 bits per heavy atom. The minimum Gasteiger partial charge on any atom is -0.444 e. The first-order valence-corrected chi connectivity index (χ1v) is 8.37. The van der Waals surface area contributed by atoms with Crippen molar-refractivity contribution >= 4 is 23.6 Å². The number of hydrogen-bond donors (Lipinski definition) is 3. The van der Waals surface area contributed by atoms with E-state index in [0.29, 0.717) is 5.56 Å². The summed E-state index contributed by atoms with van der Waals surface area (Å²) in [7, 11) is 3.85. The van der Waals surface area contributed by atoms with Gasteiger partial charge in [-0.2, -0.15) is 0 Å². The van der Waals surface area contributed by atoms with Gasteiger partial charge in [0, 0.05) is 38.4 Å². The van der Waals surface area contributed by atoms with E-state index in [-0.39, 0.29) is 31.4 Å². The Morgan fingerprint density at radius 1 is 0.962 bits per heavy atom. The van der Waals surface area contributed by atoms with Crippen molar-refractivity contribution in [3.05, 3.63) is 29.8 Å². The van der Waals surface area contributed by atoms with Crippen LogP contribution >= 0.6 is 0 Å². The quantitative estimate of drug-likeness (QED) is 0.630. The molecule has 26 heavy (non-hydrogen) atoms. The normalized spacial score (nSPS) is 10.7. The summed E-state index contributed by atoms with van der Waals surface area (Å²) in [5, 5.41) is 7.69. The van der Waals surface area contributed by atoms with Gasteiger partial charge in [0.25, 0.3) is 5.91 Å². The highest BCUT2D eigenvalue weighted by Gasteiger charge is 2.16. The van der Waals surface area contributed by atoms with Crippen LogP contribution in [0.4, 0.5) is 10.5 Å². The van der Waals surface area contributed by atoms with E-state index in [1.54, 1.807) is 32.9 Å². The maximum Gasteiger partial charge on any atom is 0.408 e. The second-order valence-electron chi connectivity index (χ2n) is 6.90. The van der Waals surface area contributed by atoms with Crippen molar-refractivity contribution < 1.29 is 19.1 Å². The summed E-state index contributed by atoms with van der Waals surface area (Å²) in [6, 6.07) is 7.21. The van der Waals surface area contributed by atoms with Crippen LogP contribution in [-0.4, -0.2) is 57.2 Å². The number of nitrogens with one attached hydrogen (secondary N) is 3. The van der Waals surface area contributed by atoms with Crippen molar-refractivity contribution in [2.24, 2.45) is 0 Å². The molecule has 144 valence electrons. The van der Waals surface area contributed by atoms with Gasteiger partial charge in [-0.05, 0) is 45.0 Å². The molecule has 0 saturated heterocycles. The summed E-state index contributed by atoms with van der Waals surface area (Å²) in [5.74, 6) is -0.572. The van der Waals surface area contributed by atoms with Crippen molar-refractivity contribution in [3.8, 4) is 0 Å². The average molecular weight is 364 g/mol. The highest BCUT2D eigenvalue weighted by Crippen LogP contribution is 2.11. The van der Waals surface area contributed by atoms with Crippen molar-refractivity contribution in [2.75, 3.05) is 38.6 Å². The fourth-order valence-electron chi connectivity index (χ4n) is 1.92. The number of carbonyl (C=O) groups is 3.